The van der Waals surface area contributed by atoms with E-state index >= 15 is 0 Å². The monoisotopic (exact) mass is 586 g/mol. The van der Waals surface area contributed by atoms with Gasteiger partial charge in [0.25, 0.3) is 0 Å². The van der Waals surface area contributed by atoms with Crippen LogP contribution in [0.2, 0.25) is 0 Å². The van der Waals surface area contributed by atoms with Gasteiger partial charge in [0.2, 0.25) is 0 Å². The number of benzene rings is 6. The van der Waals surface area contributed by atoms with Crippen LogP contribution in [0.4, 0.5) is 0 Å². The molecule has 0 atom stereocenters. The van der Waals surface area contributed by atoms with Crippen LogP contribution in [0.3, 0.4) is 0 Å². The van der Waals surface area contributed by atoms with Crippen molar-refractivity contribution < 1.29 is 0 Å². The van der Waals surface area contributed by atoms with Crippen molar-refractivity contribution in [1.29, 1.82) is 0 Å². The highest BCUT2D eigenvalue weighted by Crippen LogP contribution is 2.42. The van der Waals surface area contributed by atoms with Gasteiger partial charge in [0.05, 0.1) is 28.8 Å². The average Bonchev–Trinajstić information content (AvgIpc) is 3.15. The van der Waals surface area contributed by atoms with Gasteiger partial charge in [0.1, 0.15) is 0 Å². The number of hydrogen-bond acceptors (Lipinski definition) is 4. The zero-order valence-electron chi connectivity index (χ0n) is 24.8. The van der Waals surface area contributed by atoms with Crippen molar-refractivity contribution >= 4 is 43.2 Å². The molecule has 0 spiro atoms. The van der Waals surface area contributed by atoms with E-state index in [0.29, 0.717) is 5.82 Å². The zero-order valence-corrected chi connectivity index (χ0v) is 24.8. The summed E-state index contributed by atoms with van der Waals surface area (Å²) in [5.41, 5.74) is 7.68. The van der Waals surface area contributed by atoms with Crippen LogP contribution in [0.15, 0.2) is 158 Å². The first kappa shape index (κ1) is 26.2. The SMILES string of the molecule is c1ccc(-c2cc(-c3ccccc3)nc(-c3ccc(-c4nc5cnccc5c5c6ccccc6c6ccccc6c45)cc3)n2)cc1. The molecule has 0 fully saturated rings. The Morgan fingerprint density at radius 2 is 0.891 bits per heavy atom. The minimum Gasteiger partial charge on any atom is -0.262 e. The molecule has 4 heteroatoms. The summed E-state index contributed by atoms with van der Waals surface area (Å²) in [6.45, 7) is 0. The first-order valence-electron chi connectivity index (χ1n) is 15.4. The average molecular weight is 587 g/mol. The van der Waals surface area contributed by atoms with Crippen molar-refractivity contribution in [3.8, 4) is 45.2 Å². The van der Waals surface area contributed by atoms with Gasteiger partial charge in [-0.15, -0.1) is 0 Å². The lowest BCUT2D eigenvalue weighted by molar-refractivity contribution is 1.18. The Morgan fingerprint density at radius 1 is 0.370 bits per heavy atom. The lowest BCUT2D eigenvalue weighted by Crippen LogP contribution is -1.96. The van der Waals surface area contributed by atoms with E-state index in [0.717, 1.165) is 55.6 Å². The molecule has 0 bridgehead atoms. The van der Waals surface area contributed by atoms with Crippen molar-refractivity contribution in [3.05, 3.63) is 158 Å². The molecule has 0 N–H and O–H groups in total. The highest BCUT2D eigenvalue weighted by Gasteiger charge is 2.18. The molecule has 0 unspecified atom stereocenters. The number of nitrogens with zero attached hydrogens (tertiary/aromatic N) is 4. The Morgan fingerprint density at radius 3 is 1.50 bits per heavy atom. The topological polar surface area (TPSA) is 51.6 Å². The van der Waals surface area contributed by atoms with Crippen LogP contribution in [-0.4, -0.2) is 19.9 Å². The maximum absolute atomic E-state index is 5.25. The highest BCUT2D eigenvalue weighted by atomic mass is 14.9. The third-order valence-electron chi connectivity index (χ3n) is 8.75. The minimum atomic E-state index is 0.684. The molecule has 9 rings (SSSR count). The number of rotatable bonds is 4. The van der Waals surface area contributed by atoms with E-state index in [1.54, 1.807) is 0 Å². The van der Waals surface area contributed by atoms with Gasteiger partial charge < -0.3 is 0 Å². The summed E-state index contributed by atoms with van der Waals surface area (Å²) in [5.74, 6) is 0.684. The fraction of sp³-hybridized carbons (Fsp3) is 0. The van der Waals surface area contributed by atoms with E-state index in [2.05, 4.69) is 114 Å². The highest BCUT2D eigenvalue weighted by molar-refractivity contribution is 6.33. The van der Waals surface area contributed by atoms with Crippen molar-refractivity contribution in [1.82, 2.24) is 19.9 Å². The molecule has 0 aliphatic carbocycles. The number of hydrogen-bond donors (Lipinski definition) is 0. The van der Waals surface area contributed by atoms with Gasteiger partial charge in [-0.3, -0.25) is 4.98 Å². The van der Waals surface area contributed by atoms with Crippen LogP contribution in [-0.2, 0) is 0 Å². The van der Waals surface area contributed by atoms with E-state index in [9.17, 15) is 0 Å². The summed E-state index contributed by atoms with van der Waals surface area (Å²) in [6.07, 6.45) is 3.72. The van der Waals surface area contributed by atoms with E-state index in [1.165, 1.54) is 26.9 Å². The van der Waals surface area contributed by atoms with Crippen LogP contribution in [0.25, 0.3) is 88.4 Å². The molecular formula is C42H26N4. The van der Waals surface area contributed by atoms with Gasteiger partial charge in [-0.1, -0.05) is 133 Å². The summed E-state index contributed by atoms with van der Waals surface area (Å²) in [6, 6.07) is 50.5. The van der Waals surface area contributed by atoms with Crippen molar-refractivity contribution in [3.63, 3.8) is 0 Å². The van der Waals surface area contributed by atoms with Gasteiger partial charge in [-0.25, -0.2) is 15.0 Å². The summed E-state index contributed by atoms with van der Waals surface area (Å²) in [7, 11) is 0. The molecule has 0 saturated heterocycles. The molecule has 46 heavy (non-hydrogen) atoms. The lowest BCUT2D eigenvalue weighted by atomic mass is 9.90. The second kappa shape index (κ2) is 10.7. The maximum Gasteiger partial charge on any atom is 0.160 e. The summed E-state index contributed by atoms with van der Waals surface area (Å²) in [4.78, 5) is 19.8. The standard InChI is InChI=1S/C42H26N4/c1-3-11-27(12-4-1)36-25-37(28-13-5-2-6-14-28)46-42(45-36)30-21-19-29(20-22-30)41-40-34-18-10-8-16-32(34)31-15-7-9-17-33(31)39(40)35-23-24-43-26-38(35)44-41/h1-26H. The van der Waals surface area contributed by atoms with E-state index in [-0.39, 0.29) is 0 Å². The lowest BCUT2D eigenvalue weighted by Gasteiger charge is -2.16. The molecular weight excluding hydrogens is 560 g/mol. The molecule has 6 aromatic carbocycles. The third-order valence-corrected chi connectivity index (χ3v) is 8.75. The van der Waals surface area contributed by atoms with Gasteiger partial charge >= 0.3 is 0 Å². The summed E-state index contributed by atoms with van der Waals surface area (Å²) in [5, 5.41) is 8.31. The third kappa shape index (κ3) is 4.31. The Bertz CT molecular complexity index is 2500. The van der Waals surface area contributed by atoms with Crippen molar-refractivity contribution in [2.75, 3.05) is 0 Å². The van der Waals surface area contributed by atoms with Crippen LogP contribution < -0.4 is 0 Å². The second-order valence-electron chi connectivity index (χ2n) is 11.5. The van der Waals surface area contributed by atoms with Crippen LogP contribution in [0.1, 0.15) is 0 Å². The summed E-state index contributed by atoms with van der Waals surface area (Å²) < 4.78 is 0. The second-order valence-corrected chi connectivity index (χ2v) is 11.5. The molecule has 0 saturated carbocycles. The van der Waals surface area contributed by atoms with Crippen molar-refractivity contribution in [2.24, 2.45) is 0 Å². The van der Waals surface area contributed by atoms with Crippen molar-refractivity contribution in [2.45, 2.75) is 0 Å². The predicted octanol–water partition coefficient (Wildman–Crippen LogP) is 10.5. The smallest absolute Gasteiger partial charge is 0.160 e. The van der Waals surface area contributed by atoms with E-state index < -0.39 is 0 Å². The molecule has 0 amide bonds. The molecule has 3 heterocycles. The Kier molecular flexibility index (Phi) is 6.10. The maximum atomic E-state index is 5.25. The minimum absolute atomic E-state index is 0.684. The first-order valence-corrected chi connectivity index (χ1v) is 15.4. The Balaban J connectivity index is 1.26. The predicted molar refractivity (Wildman–Crippen MR) is 189 cm³/mol. The van der Waals surface area contributed by atoms with Gasteiger partial charge in [0, 0.05) is 44.6 Å². The fourth-order valence-corrected chi connectivity index (χ4v) is 6.61. The summed E-state index contributed by atoms with van der Waals surface area (Å²) >= 11 is 0. The van der Waals surface area contributed by atoms with Crippen LogP contribution in [0.5, 0.6) is 0 Å². The number of aromatic nitrogens is 4. The van der Waals surface area contributed by atoms with Crippen LogP contribution >= 0.6 is 0 Å². The molecule has 214 valence electrons. The molecule has 0 radical (unpaired) electrons. The van der Waals surface area contributed by atoms with Gasteiger partial charge in [-0.05, 0) is 33.7 Å². The fourth-order valence-electron chi connectivity index (χ4n) is 6.61. The van der Waals surface area contributed by atoms with E-state index in [1.807, 2.05) is 48.8 Å². The first-order chi connectivity index (χ1) is 22.8. The van der Waals surface area contributed by atoms with Crippen LogP contribution in [0, 0.1) is 0 Å². The largest absolute Gasteiger partial charge is 0.262 e. The van der Waals surface area contributed by atoms with Gasteiger partial charge in [-0.2, -0.15) is 0 Å². The zero-order chi connectivity index (χ0) is 30.5. The molecule has 0 aliphatic heterocycles. The molecule has 0 aliphatic rings. The molecule has 9 aromatic rings. The quantitative estimate of drug-likeness (QED) is 0.193. The molecule has 3 aromatic heterocycles. The Hall–Kier alpha value is -6.26. The number of pyridine rings is 2. The van der Waals surface area contributed by atoms with Gasteiger partial charge in [0.15, 0.2) is 5.82 Å². The normalized spacial score (nSPS) is 11.5. The van der Waals surface area contributed by atoms with E-state index in [4.69, 9.17) is 15.0 Å². The number of fused-ring (bicyclic) bond motifs is 8. The Labute approximate surface area is 265 Å². The molecule has 4 nitrogen and oxygen atoms in total.